The molecule has 0 unspecified atom stereocenters. The van der Waals surface area contributed by atoms with E-state index in [0.29, 0.717) is 0 Å². The van der Waals surface area contributed by atoms with Gasteiger partial charge >= 0.3 is 0 Å². The molecule has 0 aromatic carbocycles. The summed E-state index contributed by atoms with van der Waals surface area (Å²) in [5.74, 6) is 0. The highest BCUT2D eigenvalue weighted by Gasteiger charge is 1.95. The van der Waals surface area contributed by atoms with Gasteiger partial charge in [-0.25, -0.2) is 0 Å². The summed E-state index contributed by atoms with van der Waals surface area (Å²) in [5.41, 5.74) is 4.61. The molecule has 0 aliphatic heterocycles. The Kier molecular flexibility index (Phi) is 51.8. The van der Waals surface area contributed by atoms with Crippen LogP contribution in [0.5, 0.6) is 0 Å². The second-order valence-corrected chi connectivity index (χ2v) is 2.00. The SMILES string of the molecule is C1CC1.C=CN.CC.CCC. The fraction of sp³-hybridized carbons (Fsp3) is 0.800. The van der Waals surface area contributed by atoms with E-state index in [1.807, 2.05) is 13.8 Å². The molecule has 70 valence electrons. The Balaban J connectivity index is -0.0000000789. The molecule has 0 spiro atoms. The van der Waals surface area contributed by atoms with E-state index in [4.69, 9.17) is 0 Å². The van der Waals surface area contributed by atoms with Crippen molar-refractivity contribution in [3.05, 3.63) is 12.8 Å². The van der Waals surface area contributed by atoms with Gasteiger partial charge in [0, 0.05) is 0 Å². The van der Waals surface area contributed by atoms with Crippen molar-refractivity contribution in [3.8, 4) is 0 Å². The first-order valence-corrected chi connectivity index (χ1v) is 4.66. The van der Waals surface area contributed by atoms with Gasteiger partial charge in [0.05, 0.1) is 0 Å². The van der Waals surface area contributed by atoms with E-state index in [1.165, 1.54) is 31.9 Å². The van der Waals surface area contributed by atoms with E-state index in [9.17, 15) is 0 Å². The van der Waals surface area contributed by atoms with Crippen molar-refractivity contribution in [1.29, 1.82) is 0 Å². The monoisotopic (exact) mass is 159 g/mol. The average Bonchev–Trinajstić information content (AvgIpc) is 2.78. The zero-order chi connectivity index (χ0) is 9.54. The number of nitrogens with two attached hydrogens (primary N) is 1. The van der Waals surface area contributed by atoms with Crippen molar-refractivity contribution >= 4 is 0 Å². The van der Waals surface area contributed by atoms with Crippen LogP contribution in [0.4, 0.5) is 0 Å². The topological polar surface area (TPSA) is 26.0 Å². The highest BCUT2D eigenvalue weighted by molar-refractivity contribution is 4.50. The van der Waals surface area contributed by atoms with Crippen LogP contribution in [0.1, 0.15) is 53.4 Å². The quantitative estimate of drug-likeness (QED) is 0.573. The van der Waals surface area contributed by atoms with Crippen LogP contribution in [0, 0.1) is 0 Å². The molecule has 0 heterocycles. The fourth-order valence-corrected chi connectivity index (χ4v) is 0. The third kappa shape index (κ3) is 1860. The van der Waals surface area contributed by atoms with Crippen molar-refractivity contribution in [2.45, 2.75) is 53.4 Å². The summed E-state index contributed by atoms with van der Waals surface area (Å²) in [6.45, 7) is 11.4. The van der Waals surface area contributed by atoms with Crippen molar-refractivity contribution < 1.29 is 0 Å². The Hall–Kier alpha value is -0.460. The van der Waals surface area contributed by atoms with E-state index in [-0.39, 0.29) is 0 Å². The molecule has 0 aromatic heterocycles. The number of hydrogen-bond acceptors (Lipinski definition) is 1. The van der Waals surface area contributed by atoms with Crippen LogP contribution in [0.2, 0.25) is 0 Å². The first-order chi connectivity index (χ1) is 5.33. The molecule has 1 rings (SSSR count). The average molecular weight is 159 g/mol. The van der Waals surface area contributed by atoms with Crippen molar-refractivity contribution in [3.63, 3.8) is 0 Å². The summed E-state index contributed by atoms with van der Waals surface area (Å²) in [4.78, 5) is 0. The molecule has 1 saturated carbocycles. The molecule has 0 saturated heterocycles. The van der Waals surface area contributed by atoms with Gasteiger partial charge in [-0.3, -0.25) is 0 Å². The molecule has 0 amide bonds. The minimum atomic E-state index is 1.25. The first-order valence-electron chi connectivity index (χ1n) is 4.66. The van der Waals surface area contributed by atoms with Gasteiger partial charge in [0.1, 0.15) is 0 Å². The van der Waals surface area contributed by atoms with Crippen molar-refractivity contribution in [2.75, 3.05) is 0 Å². The van der Waals surface area contributed by atoms with Crippen LogP contribution < -0.4 is 5.73 Å². The third-order valence-electron chi connectivity index (χ3n) is 0.354. The first kappa shape index (κ1) is 16.9. The summed E-state index contributed by atoms with van der Waals surface area (Å²) in [7, 11) is 0. The largest absolute Gasteiger partial charge is 0.405 e. The Morgan fingerprint density at radius 3 is 1.27 bits per heavy atom. The van der Waals surface area contributed by atoms with Gasteiger partial charge in [0.25, 0.3) is 0 Å². The van der Waals surface area contributed by atoms with Gasteiger partial charge in [-0.2, -0.15) is 0 Å². The second-order valence-electron chi connectivity index (χ2n) is 2.00. The maximum absolute atomic E-state index is 4.61. The lowest BCUT2D eigenvalue weighted by molar-refractivity contribution is 1.09. The molecule has 1 fully saturated rings. The van der Waals surface area contributed by atoms with Gasteiger partial charge in [-0.1, -0.05) is 60.0 Å². The smallest absolute Gasteiger partial charge is 0.0136 e. The van der Waals surface area contributed by atoms with Crippen LogP contribution in [0.15, 0.2) is 12.8 Å². The minimum Gasteiger partial charge on any atom is -0.405 e. The zero-order valence-corrected chi connectivity index (χ0v) is 8.69. The Morgan fingerprint density at radius 1 is 1.18 bits per heavy atom. The Labute approximate surface area is 72.7 Å². The molecular weight excluding hydrogens is 134 g/mol. The minimum absolute atomic E-state index is 1.25. The molecule has 1 aliphatic carbocycles. The van der Waals surface area contributed by atoms with Crippen molar-refractivity contribution in [1.82, 2.24) is 0 Å². The molecule has 11 heavy (non-hydrogen) atoms. The lowest BCUT2D eigenvalue weighted by Gasteiger charge is -1.48. The molecule has 0 bridgehead atoms. The lowest BCUT2D eigenvalue weighted by Crippen LogP contribution is -1.67. The van der Waals surface area contributed by atoms with E-state index < -0.39 is 0 Å². The maximum atomic E-state index is 4.61. The molecule has 1 aliphatic rings. The van der Waals surface area contributed by atoms with Gasteiger partial charge in [-0.05, 0) is 6.20 Å². The van der Waals surface area contributed by atoms with Crippen LogP contribution in [-0.4, -0.2) is 0 Å². The van der Waals surface area contributed by atoms with Gasteiger partial charge in [0.2, 0.25) is 0 Å². The van der Waals surface area contributed by atoms with E-state index >= 15 is 0 Å². The standard InChI is InChI=1S/C3H6.C3H8.C2H5N.C2H6/c1-2-3-1;1-3-2;1-2-3;1-2/h1-3H2;3H2,1-2H3;2H,1,3H2;1-2H3. The van der Waals surface area contributed by atoms with Crippen LogP contribution in [0.25, 0.3) is 0 Å². The van der Waals surface area contributed by atoms with Gasteiger partial charge < -0.3 is 5.73 Å². The second kappa shape index (κ2) is 33.8. The molecular formula is C10H25N. The van der Waals surface area contributed by atoms with Gasteiger partial charge in [-0.15, -0.1) is 0 Å². The Morgan fingerprint density at radius 2 is 1.27 bits per heavy atom. The third-order valence-corrected chi connectivity index (χ3v) is 0.354. The summed E-state index contributed by atoms with van der Waals surface area (Å²) in [5, 5.41) is 0. The fourth-order valence-electron chi connectivity index (χ4n) is 0. The summed E-state index contributed by atoms with van der Waals surface area (Å²) < 4.78 is 0. The highest BCUT2D eigenvalue weighted by atomic mass is 14.5. The zero-order valence-electron chi connectivity index (χ0n) is 8.69. The highest BCUT2D eigenvalue weighted by Crippen LogP contribution is 2.14. The van der Waals surface area contributed by atoms with E-state index in [1.54, 1.807) is 0 Å². The molecule has 1 heteroatoms. The lowest BCUT2D eigenvalue weighted by atomic mass is 10.6. The molecule has 2 N–H and O–H groups in total. The molecule has 0 atom stereocenters. The van der Waals surface area contributed by atoms with Crippen LogP contribution in [-0.2, 0) is 0 Å². The molecule has 1 nitrogen and oxygen atoms in total. The summed E-state index contributed by atoms with van der Waals surface area (Å²) in [6, 6.07) is 0. The van der Waals surface area contributed by atoms with E-state index in [2.05, 4.69) is 26.2 Å². The predicted molar refractivity (Wildman–Crippen MR) is 55.5 cm³/mol. The number of rotatable bonds is 0. The normalized spacial score (nSPS) is 9.82. The van der Waals surface area contributed by atoms with Gasteiger partial charge in [0.15, 0.2) is 0 Å². The van der Waals surface area contributed by atoms with Crippen LogP contribution >= 0.6 is 0 Å². The number of hydrogen-bond donors (Lipinski definition) is 1. The molecule has 0 radical (unpaired) electrons. The Bertz CT molecular complexity index is 37.4. The van der Waals surface area contributed by atoms with Crippen LogP contribution in [0.3, 0.4) is 0 Å². The summed E-state index contributed by atoms with van der Waals surface area (Å²) >= 11 is 0. The molecule has 0 aromatic rings. The predicted octanol–water partition coefficient (Wildman–Crippen LogP) is 3.70. The maximum Gasteiger partial charge on any atom is -0.0136 e. The summed E-state index contributed by atoms with van der Waals surface area (Å²) in [6.07, 6.45) is 7.00. The van der Waals surface area contributed by atoms with Crippen molar-refractivity contribution in [2.24, 2.45) is 5.73 Å². The van der Waals surface area contributed by atoms with E-state index in [0.717, 1.165) is 0 Å².